The maximum atomic E-state index is 11.8. The smallest absolute Gasteiger partial charge is 0.329 e. The summed E-state index contributed by atoms with van der Waals surface area (Å²) in [5, 5.41) is 12.1. The summed E-state index contributed by atoms with van der Waals surface area (Å²) in [6.45, 7) is 2.14. The van der Waals surface area contributed by atoms with Crippen LogP contribution in [0.15, 0.2) is 0 Å². The molecule has 0 aromatic rings. The molecule has 2 rings (SSSR count). The fourth-order valence-corrected chi connectivity index (χ4v) is 2.55. The fourth-order valence-electron chi connectivity index (χ4n) is 2.55. The zero-order valence-corrected chi connectivity index (χ0v) is 10.4. The number of carboxylic acid groups (broad SMARTS) is 1. The standard InChI is InChI=1S/C13H21NO3/c1-9-4-6-13(7-5-9,12(16)17)14-11(15)8-10-2-3-10/h9-10H,2-8H2,1H3,(H,14,15)(H,16,17). The Morgan fingerprint density at radius 3 is 2.29 bits per heavy atom. The summed E-state index contributed by atoms with van der Waals surface area (Å²) in [6.07, 6.45) is 5.64. The molecule has 96 valence electrons. The van der Waals surface area contributed by atoms with E-state index in [1.54, 1.807) is 0 Å². The Morgan fingerprint density at radius 1 is 1.24 bits per heavy atom. The predicted molar refractivity (Wildman–Crippen MR) is 63.5 cm³/mol. The van der Waals surface area contributed by atoms with Crippen LogP contribution in [0.3, 0.4) is 0 Å². The first kappa shape index (κ1) is 12.4. The molecule has 0 unspecified atom stereocenters. The molecule has 0 spiro atoms. The van der Waals surface area contributed by atoms with Crippen LogP contribution in [0.5, 0.6) is 0 Å². The number of nitrogens with one attached hydrogen (secondary N) is 1. The summed E-state index contributed by atoms with van der Waals surface area (Å²) in [6, 6.07) is 0. The summed E-state index contributed by atoms with van der Waals surface area (Å²) in [5.74, 6) is 0.129. The number of aliphatic carboxylic acids is 1. The zero-order valence-electron chi connectivity index (χ0n) is 10.4. The first-order valence-corrected chi connectivity index (χ1v) is 6.56. The summed E-state index contributed by atoms with van der Waals surface area (Å²) in [7, 11) is 0. The van der Waals surface area contributed by atoms with Gasteiger partial charge in [0.25, 0.3) is 0 Å². The van der Waals surface area contributed by atoms with Gasteiger partial charge in [-0.3, -0.25) is 4.79 Å². The molecule has 0 radical (unpaired) electrons. The number of hydrogen-bond acceptors (Lipinski definition) is 2. The molecule has 4 nitrogen and oxygen atoms in total. The molecule has 0 bridgehead atoms. The summed E-state index contributed by atoms with van der Waals surface area (Å²) in [4.78, 5) is 23.2. The van der Waals surface area contributed by atoms with Crippen molar-refractivity contribution in [3.05, 3.63) is 0 Å². The molecule has 17 heavy (non-hydrogen) atoms. The molecule has 2 saturated carbocycles. The summed E-state index contributed by atoms with van der Waals surface area (Å²) >= 11 is 0. The molecule has 0 heterocycles. The average Bonchev–Trinajstić information content (AvgIpc) is 3.05. The van der Waals surface area contributed by atoms with Crippen LogP contribution in [-0.2, 0) is 9.59 Å². The summed E-state index contributed by atoms with van der Waals surface area (Å²) < 4.78 is 0. The van der Waals surface area contributed by atoms with E-state index in [1.807, 2.05) is 0 Å². The van der Waals surface area contributed by atoms with Crippen molar-refractivity contribution >= 4 is 11.9 Å². The zero-order chi connectivity index (χ0) is 12.5. The quantitative estimate of drug-likeness (QED) is 0.787. The highest BCUT2D eigenvalue weighted by atomic mass is 16.4. The lowest BCUT2D eigenvalue weighted by Crippen LogP contribution is -2.56. The minimum Gasteiger partial charge on any atom is -0.480 e. The third-order valence-electron chi connectivity index (χ3n) is 4.09. The molecular formula is C13H21NO3. The van der Waals surface area contributed by atoms with Crippen LogP contribution in [0.4, 0.5) is 0 Å². The van der Waals surface area contributed by atoms with E-state index in [4.69, 9.17) is 0 Å². The number of carbonyl (C=O) groups is 2. The number of carbonyl (C=O) groups excluding carboxylic acids is 1. The third-order valence-corrected chi connectivity index (χ3v) is 4.09. The van der Waals surface area contributed by atoms with Gasteiger partial charge in [0, 0.05) is 6.42 Å². The normalized spacial score (nSPS) is 33.1. The minimum absolute atomic E-state index is 0.0792. The van der Waals surface area contributed by atoms with Crippen LogP contribution in [0.2, 0.25) is 0 Å². The molecule has 0 atom stereocenters. The highest BCUT2D eigenvalue weighted by Gasteiger charge is 2.42. The molecule has 2 fully saturated rings. The molecule has 0 aromatic carbocycles. The van der Waals surface area contributed by atoms with Gasteiger partial charge < -0.3 is 10.4 Å². The van der Waals surface area contributed by atoms with E-state index >= 15 is 0 Å². The highest BCUT2D eigenvalue weighted by molar-refractivity contribution is 5.87. The third kappa shape index (κ3) is 2.99. The molecule has 4 heteroatoms. The lowest BCUT2D eigenvalue weighted by atomic mass is 9.77. The van der Waals surface area contributed by atoms with E-state index in [0.717, 1.165) is 25.7 Å². The van der Waals surface area contributed by atoms with Gasteiger partial charge in [0.2, 0.25) is 5.91 Å². The van der Waals surface area contributed by atoms with E-state index in [9.17, 15) is 14.7 Å². The second-order valence-corrected chi connectivity index (χ2v) is 5.77. The first-order valence-electron chi connectivity index (χ1n) is 6.56. The molecular weight excluding hydrogens is 218 g/mol. The second-order valence-electron chi connectivity index (χ2n) is 5.77. The summed E-state index contributed by atoms with van der Waals surface area (Å²) in [5.41, 5.74) is -0.988. The maximum absolute atomic E-state index is 11.8. The lowest BCUT2D eigenvalue weighted by Gasteiger charge is -2.36. The van der Waals surface area contributed by atoms with Crippen molar-refractivity contribution in [2.75, 3.05) is 0 Å². The molecule has 1 amide bonds. The maximum Gasteiger partial charge on any atom is 0.329 e. The van der Waals surface area contributed by atoms with Gasteiger partial charge in [0.05, 0.1) is 0 Å². The monoisotopic (exact) mass is 239 g/mol. The van der Waals surface area contributed by atoms with Crippen molar-refractivity contribution in [3.8, 4) is 0 Å². The van der Waals surface area contributed by atoms with Crippen molar-refractivity contribution in [3.63, 3.8) is 0 Å². The Bertz CT molecular complexity index is 315. The molecule has 2 aliphatic rings. The highest BCUT2D eigenvalue weighted by Crippen LogP contribution is 2.35. The van der Waals surface area contributed by atoms with E-state index in [2.05, 4.69) is 12.2 Å². The Kier molecular flexibility index (Phi) is 3.40. The largest absolute Gasteiger partial charge is 0.480 e. The van der Waals surface area contributed by atoms with E-state index < -0.39 is 11.5 Å². The van der Waals surface area contributed by atoms with Crippen LogP contribution in [-0.4, -0.2) is 22.5 Å². The van der Waals surface area contributed by atoms with Crippen molar-refractivity contribution in [2.45, 2.75) is 57.4 Å². The van der Waals surface area contributed by atoms with Gasteiger partial charge >= 0.3 is 5.97 Å². The van der Waals surface area contributed by atoms with Crippen molar-refractivity contribution in [2.24, 2.45) is 11.8 Å². The van der Waals surface area contributed by atoms with Crippen LogP contribution >= 0.6 is 0 Å². The van der Waals surface area contributed by atoms with Crippen LogP contribution in [0.1, 0.15) is 51.9 Å². The van der Waals surface area contributed by atoms with E-state index in [-0.39, 0.29) is 5.91 Å². The van der Waals surface area contributed by atoms with Crippen LogP contribution in [0.25, 0.3) is 0 Å². The Hall–Kier alpha value is -1.06. The van der Waals surface area contributed by atoms with Gasteiger partial charge in [-0.2, -0.15) is 0 Å². The number of rotatable bonds is 4. The topological polar surface area (TPSA) is 66.4 Å². The fraction of sp³-hybridized carbons (Fsp3) is 0.846. The minimum atomic E-state index is -0.988. The van der Waals surface area contributed by atoms with Crippen molar-refractivity contribution in [1.29, 1.82) is 0 Å². The molecule has 2 aliphatic carbocycles. The van der Waals surface area contributed by atoms with Gasteiger partial charge in [-0.05, 0) is 50.4 Å². The van der Waals surface area contributed by atoms with Crippen molar-refractivity contribution < 1.29 is 14.7 Å². The Labute approximate surface area is 102 Å². The van der Waals surface area contributed by atoms with Crippen LogP contribution in [0, 0.1) is 11.8 Å². The van der Waals surface area contributed by atoms with Gasteiger partial charge in [0.1, 0.15) is 5.54 Å². The van der Waals surface area contributed by atoms with Gasteiger partial charge in [-0.15, -0.1) is 0 Å². The molecule has 0 saturated heterocycles. The SMILES string of the molecule is CC1CCC(NC(=O)CC2CC2)(C(=O)O)CC1. The predicted octanol–water partition coefficient (Wildman–Crippen LogP) is 1.94. The van der Waals surface area contributed by atoms with Crippen molar-refractivity contribution in [1.82, 2.24) is 5.32 Å². The number of hydrogen-bond donors (Lipinski definition) is 2. The van der Waals surface area contributed by atoms with E-state index in [0.29, 0.717) is 31.1 Å². The Balaban J connectivity index is 1.95. The molecule has 2 N–H and O–H groups in total. The van der Waals surface area contributed by atoms with Gasteiger partial charge in [0.15, 0.2) is 0 Å². The number of amides is 1. The first-order chi connectivity index (χ1) is 8.02. The van der Waals surface area contributed by atoms with Crippen LogP contribution < -0.4 is 5.32 Å². The molecule has 0 aliphatic heterocycles. The van der Waals surface area contributed by atoms with E-state index in [1.165, 1.54) is 0 Å². The average molecular weight is 239 g/mol. The van der Waals surface area contributed by atoms with Gasteiger partial charge in [-0.25, -0.2) is 4.79 Å². The lowest BCUT2D eigenvalue weighted by molar-refractivity contribution is -0.149. The number of carboxylic acids is 1. The molecule has 0 aromatic heterocycles. The second kappa shape index (κ2) is 4.67. The van der Waals surface area contributed by atoms with Gasteiger partial charge in [-0.1, -0.05) is 6.92 Å². The Morgan fingerprint density at radius 2 is 1.82 bits per heavy atom.